The molecule has 1 aromatic rings. The van der Waals surface area contributed by atoms with Crippen LogP contribution in [0.1, 0.15) is 13.8 Å². The number of benzene rings is 1. The lowest BCUT2D eigenvalue weighted by Crippen LogP contribution is -2.60. The first kappa shape index (κ1) is 15.7. The summed E-state index contributed by atoms with van der Waals surface area (Å²) in [6.45, 7) is 4.29. The SMILES string of the molecule is CC12OC(C)(C3C1N=NN3c1ccccc1)C1(Br)C(Br)(Br)C21Br. The summed E-state index contributed by atoms with van der Waals surface area (Å²) in [5.41, 5.74) is 0.0921. The third kappa shape index (κ3) is 1.26. The highest BCUT2D eigenvalue weighted by atomic mass is 79.9. The van der Waals surface area contributed by atoms with Gasteiger partial charge in [-0.15, -0.1) is 0 Å². The second kappa shape index (κ2) is 4.08. The molecule has 0 radical (unpaired) electrons. The summed E-state index contributed by atoms with van der Waals surface area (Å²) in [5.74, 6) is 0. The highest BCUT2D eigenvalue weighted by Gasteiger charge is 3.05. The maximum atomic E-state index is 6.62. The quantitative estimate of drug-likeness (QED) is 0.449. The number of hydrogen-bond donors (Lipinski definition) is 0. The first-order valence-electron chi connectivity index (χ1n) is 7.38. The van der Waals surface area contributed by atoms with E-state index in [9.17, 15) is 0 Å². The number of para-hydroxylation sites is 1. The number of anilines is 1. The average molecular weight is 571 g/mol. The van der Waals surface area contributed by atoms with Crippen LogP contribution >= 0.6 is 63.7 Å². The first-order chi connectivity index (χ1) is 10.7. The van der Waals surface area contributed by atoms with Crippen molar-refractivity contribution in [3.8, 4) is 0 Å². The molecule has 4 aliphatic rings. The van der Waals surface area contributed by atoms with Crippen LogP contribution < -0.4 is 5.01 Å². The van der Waals surface area contributed by atoms with Crippen molar-refractivity contribution in [2.45, 2.75) is 49.0 Å². The predicted molar refractivity (Wildman–Crippen MR) is 103 cm³/mol. The molecule has 0 amide bonds. The molecule has 0 N–H and O–H groups in total. The van der Waals surface area contributed by atoms with Gasteiger partial charge in [-0.3, -0.25) is 0 Å². The van der Waals surface area contributed by atoms with Crippen LogP contribution in [0.5, 0.6) is 0 Å². The molecule has 3 aliphatic heterocycles. The standard InChI is InChI=1S/C15H13Br4N3O/c1-11-9-10(22(21-20-9)8-6-4-3-5-7-8)12(2,23-11)14(17)13(11,16)15(14,18)19/h3-7,9-10H,1-2H3. The second-order valence-corrected chi connectivity index (χ2v) is 12.8. The molecule has 23 heavy (non-hydrogen) atoms. The van der Waals surface area contributed by atoms with Crippen LogP contribution in [0, 0.1) is 0 Å². The van der Waals surface area contributed by atoms with Crippen LogP contribution in [-0.4, -0.2) is 35.2 Å². The van der Waals surface area contributed by atoms with E-state index in [0.29, 0.717) is 0 Å². The van der Waals surface area contributed by atoms with Crippen molar-refractivity contribution >= 4 is 69.4 Å². The van der Waals surface area contributed by atoms with Crippen LogP contribution in [-0.2, 0) is 4.74 Å². The van der Waals surface area contributed by atoms with Gasteiger partial charge in [-0.25, -0.2) is 5.01 Å². The minimum Gasteiger partial charge on any atom is -0.361 e. The molecule has 1 aromatic carbocycles. The van der Waals surface area contributed by atoms with E-state index >= 15 is 0 Å². The highest BCUT2D eigenvalue weighted by molar-refractivity contribution is 9.28. The topological polar surface area (TPSA) is 37.2 Å². The van der Waals surface area contributed by atoms with Crippen molar-refractivity contribution in [3.05, 3.63) is 30.3 Å². The molecular formula is C15H13Br4N3O. The molecule has 122 valence electrons. The Morgan fingerprint density at radius 1 is 1.00 bits per heavy atom. The van der Waals surface area contributed by atoms with Gasteiger partial charge in [0.2, 0.25) is 0 Å². The van der Waals surface area contributed by atoms with E-state index in [1.54, 1.807) is 0 Å². The Kier molecular flexibility index (Phi) is 2.79. The van der Waals surface area contributed by atoms with Gasteiger partial charge in [-0.2, -0.15) is 5.11 Å². The van der Waals surface area contributed by atoms with Gasteiger partial charge in [0.05, 0.1) is 5.69 Å². The normalized spacial score (nSPS) is 54.3. The summed E-state index contributed by atoms with van der Waals surface area (Å²) in [5, 5.41) is 11.1. The molecular weight excluding hydrogens is 558 g/mol. The molecule has 2 saturated heterocycles. The maximum Gasteiger partial charge on any atom is 0.128 e. The van der Waals surface area contributed by atoms with E-state index in [1.807, 2.05) is 23.2 Å². The minimum absolute atomic E-state index is 0.0327. The van der Waals surface area contributed by atoms with Crippen LogP contribution in [0.15, 0.2) is 40.7 Å². The molecule has 0 spiro atoms. The third-order valence-corrected chi connectivity index (χ3v) is 15.0. The summed E-state index contributed by atoms with van der Waals surface area (Å²) in [6, 6.07) is 10.2. The van der Waals surface area contributed by atoms with Crippen LogP contribution in [0.2, 0.25) is 0 Å². The van der Waals surface area contributed by atoms with Crippen molar-refractivity contribution in [1.29, 1.82) is 0 Å². The fourth-order valence-corrected chi connectivity index (χ4v) is 11.2. The molecule has 8 heteroatoms. The van der Waals surface area contributed by atoms with Gasteiger partial charge >= 0.3 is 0 Å². The number of nitrogens with zero attached hydrogens (tertiary/aromatic N) is 3. The van der Waals surface area contributed by atoms with Gasteiger partial charge < -0.3 is 4.74 Å². The van der Waals surface area contributed by atoms with Gasteiger partial charge in [0.25, 0.3) is 0 Å². The van der Waals surface area contributed by atoms with Gasteiger partial charge in [-0.1, -0.05) is 87.1 Å². The van der Waals surface area contributed by atoms with Gasteiger partial charge in [-0.05, 0) is 26.0 Å². The molecule has 2 bridgehead atoms. The minimum atomic E-state index is -0.476. The van der Waals surface area contributed by atoms with E-state index in [1.165, 1.54) is 0 Å². The third-order valence-electron chi connectivity index (χ3n) is 6.05. The Morgan fingerprint density at radius 3 is 2.26 bits per heavy atom. The molecule has 1 saturated carbocycles. The molecule has 3 fully saturated rings. The zero-order valence-electron chi connectivity index (χ0n) is 12.3. The molecule has 4 nitrogen and oxygen atoms in total. The van der Waals surface area contributed by atoms with Gasteiger partial charge in [0.1, 0.15) is 35.2 Å². The van der Waals surface area contributed by atoms with Crippen LogP contribution in [0.4, 0.5) is 5.69 Å². The fourth-order valence-electron chi connectivity index (χ4n) is 4.94. The lowest BCUT2D eigenvalue weighted by atomic mass is 9.76. The van der Waals surface area contributed by atoms with Crippen LogP contribution in [0.25, 0.3) is 0 Å². The Morgan fingerprint density at radius 2 is 1.61 bits per heavy atom. The summed E-state index contributed by atoms with van der Waals surface area (Å²) in [6.07, 6.45) is 0. The van der Waals surface area contributed by atoms with E-state index < -0.39 is 11.2 Å². The Bertz CT molecular complexity index is 760. The smallest absolute Gasteiger partial charge is 0.128 e. The van der Waals surface area contributed by atoms with Gasteiger partial charge in [0, 0.05) is 0 Å². The second-order valence-electron chi connectivity index (χ2n) is 6.98. The largest absolute Gasteiger partial charge is 0.361 e. The number of hydrogen-bond acceptors (Lipinski definition) is 4. The molecule has 6 unspecified atom stereocenters. The molecule has 5 rings (SSSR count). The maximum absolute atomic E-state index is 6.62. The van der Waals surface area contributed by atoms with E-state index in [4.69, 9.17) is 4.74 Å². The number of alkyl halides is 4. The Hall–Kier alpha value is 0.500. The number of fused-ring (bicyclic) bond motifs is 8. The van der Waals surface area contributed by atoms with Gasteiger partial charge in [0.15, 0.2) is 0 Å². The van der Waals surface area contributed by atoms with Crippen molar-refractivity contribution in [2.24, 2.45) is 10.3 Å². The van der Waals surface area contributed by atoms with Crippen molar-refractivity contribution in [2.75, 3.05) is 5.01 Å². The number of ether oxygens (including phenoxy) is 1. The number of rotatable bonds is 1. The summed E-state index contributed by atoms with van der Waals surface area (Å²) < 4.78 is 5.71. The summed E-state index contributed by atoms with van der Waals surface area (Å²) in [4.78, 5) is 0. The fraction of sp³-hybridized carbons (Fsp3) is 0.600. The van der Waals surface area contributed by atoms with E-state index in [-0.39, 0.29) is 24.0 Å². The zero-order valence-corrected chi connectivity index (χ0v) is 18.6. The molecule has 1 aliphatic carbocycles. The van der Waals surface area contributed by atoms with E-state index in [2.05, 4.69) is 100 Å². The first-order valence-corrected chi connectivity index (χ1v) is 10.5. The zero-order chi connectivity index (χ0) is 16.5. The highest BCUT2D eigenvalue weighted by Crippen LogP contribution is 2.91. The lowest BCUT2D eigenvalue weighted by Gasteiger charge is -2.39. The molecule has 3 heterocycles. The average Bonchev–Trinajstić information content (AvgIpc) is 2.94. The Labute approximate surface area is 167 Å². The lowest BCUT2D eigenvalue weighted by molar-refractivity contribution is -0.0572. The molecule has 0 aromatic heterocycles. The summed E-state index contributed by atoms with van der Waals surface area (Å²) >= 11 is 15.7. The van der Waals surface area contributed by atoms with Crippen molar-refractivity contribution in [3.63, 3.8) is 0 Å². The molecule has 6 atom stereocenters. The van der Waals surface area contributed by atoms with E-state index in [0.717, 1.165) is 5.69 Å². The Balaban J connectivity index is 1.69. The van der Waals surface area contributed by atoms with Crippen molar-refractivity contribution < 1.29 is 4.74 Å². The monoisotopic (exact) mass is 567 g/mol. The van der Waals surface area contributed by atoms with Crippen LogP contribution in [0.3, 0.4) is 0 Å². The predicted octanol–water partition coefficient (Wildman–Crippen LogP) is 4.94. The summed E-state index contributed by atoms with van der Waals surface area (Å²) in [7, 11) is 0. The van der Waals surface area contributed by atoms with Crippen molar-refractivity contribution in [1.82, 2.24) is 0 Å². The number of halogens is 4.